The van der Waals surface area contributed by atoms with Crippen LogP contribution in [-0.2, 0) is 16.6 Å². The van der Waals surface area contributed by atoms with Crippen LogP contribution in [0.3, 0.4) is 0 Å². The third kappa shape index (κ3) is 3.62. The molecule has 0 aromatic carbocycles. The van der Waals surface area contributed by atoms with Gasteiger partial charge in [0.05, 0.1) is 5.02 Å². The van der Waals surface area contributed by atoms with Gasteiger partial charge in [-0.1, -0.05) is 23.2 Å². The number of amides is 1. The van der Waals surface area contributed by atoms with Gasteiger partial charge < -0.3 is 19.7 Å². The lowest BCUT2D eigenvalue weighted by molar-refractivity contribution is -0.140. The summed E-state index contributed by atoms with van der Waals surface area (Å²) in [6.45, 7) is -1.46. The minimum Gasteiger partial charge on any atom is -0.480 e. The molecular weight excluding hydrogens is 299 g/mol. The van der Waals surface area contributed by atoms with E-state index in [-0.39, 0.29) is 15.9 Å². The Morgan fingerprint density at radius 2 is 1.68 bits per heavy atom. The zero-order chi connectivity index (χ0) is 14.7. The highest BCUT2D eigenvalue weighted by Gasteiger charge is 2.24. The Bertz CT molecular complexity index is 524. The number of carbonyl (C=O) groups excluding carboxylic acids is 1. The van der Waals surface area contributed by atoms with Crippen molar-refractivity contribution in [1.29, 1.82) is 0 Å². The molecule has 0 fully saturated rings. The number of hydrogen-bond donors (Lipinski definition) is 2. The number of carboxylic acid groups (broad SMARTS) is 2. The topological polar surface area (TPSA) is 99.8 Å². The Hall–Kier alpha value is -1.73. The van der Waals surface area contributed by atoms with Crippen molar-refractivity contribution in [2.75, 3.05) is 13.1 Å². The molecule has 104 valence electrons. The molecule has 0 atom stereocenters. The Labute approximate surface area is 117 Å². The van der Waals surface area contributed by atoms with Gasteiger partial charge in [-0.2, -0.15) is 0 Å². The molecule has 0 spiro atoms. The van der Waals surface area contributed by atoms with E-state index < -0.39 is 30.9 Å². The molecule has 0 radical (unpaired) electrons. The number of carbonyl (C=O) groups is 3. The lowest BCUT2D eigenvalue weighted by atomic mass is 10.3. The van der Waals surface area contributed by atoms with Crippen LogP contribution in [0.4, 0.5) is 0 Å². The van der Waals surface area contributed by atoms with Crippen LogP contribution in [0.15, 0.2) is 6.07 Å². The summed E-state index contributed by atoms with van der Waals surface area (Å²) in [6.07, 6.45) is 0. The van der Waals surface area contributed by atoms with E-state index in [0.29, 0.717) is 4.90 Å². The van der Waals surface area contributed by atoms with E-state index in [9.17, 15) is 14.4 Å². The summed E-state index contributed by atoms with van der Waals surface area (Å²) in [4.78, 5) is 34.0. The van der Waals surface area contributed by atoms with Gasteiger partial charge in [0, 0.05) is 7.05 Å². The normalized spacial score (nSPS) is 10.3. The standard InChI is InChI=1S/C10H10Cl2N2O5/c1-13-6(2-5(11)9(13)12)10(19)14(3-7(15)16)4-8(17)18/h2H,3-4H2,1H3,(H,15,16)(H,17,18). The largest absolute Gasteiger partial charge is 0.480 e. The quantitative estimate of drug-likeness (QED) is 0.843. The molecule has 9 heteroatoms. The van der Waals surface area contributed by atoms with Gasteiger partial charge in [0.25, 0.3) is 5.91 Å². The Morgan fingerprint density at radius 3 is 2.00 bits per heavy atom. The highest BCUT2D eigenvalue weighted by molar-refractivity contribution is 6.41. The fourth-order valence-corrected chi connectivity index (χ4v) is 1.81. The van der Waals surface area contributed by atoms with Crippen LogP contribution in [0.25, 0.3) is 0 Å². The van der Waals surface area contributed by atoms with Crippen molar-refractivity contribution in [1.82, 2.24) is 9.47 Å². The lowest BCUT2D eigenvalue weighted by Gasteiger charge is -2.18. The van der Waals surface area contributed by atoms with Crippen molar-refractivity contribution in [3.63, 3.8) is 0 Å². The number of rotatable bonds is 5. The second kappa shape index (κ2) is 5.94. The molecule has 0 aliphatic heterocycles. The molecule has 1 aromatic heterocycles. The van der Waals surface area contributed by atoms with Gasteiger partial charge in [-0.3, -0.25) is 14.4 Å². The molecule has 1 aromatic rings. The third-order valence-electron chi connectivity index (χ3n) is 2.27. The molecule has 0 unspecified atom stereocenters. The van der Waals surface area contributed by atoms with Crippen molar-refractivity contribution in [2.24, 2.45) is 7.05 Å². The van der Waals surface area contributed by atoms with E-state index in [1.807, 2.05) is 0 Å². The third-order valence-corrected chi connectivity index (χ3v) is 3.12. The van der Waals surface area contributed by atoms with Gasteiger partial charge >= 0.3 is 11.9 Å². The number of halogens is 2. The first-order chi connectivity index (χ1) is 8.73. The van der Waals surface area contributed by atoms with E-state index in [1.54, 1.807) is 0 Å². The smallest absolute Gasteiger partial charge is 0.323 e. The number of aliphatic carboxylic acids is 2. The lowest BCUT2D eigenvalue weighted by Crippen LogP contribution is -2.40. The van der Waals surface area contributed by atoms with Crippen LogP contribution in [0.5, 0.6) is 0 Å². The maximum absolute atomic E-state index is 12.1. The van der Waals surface area contributed by atoms with Crippen molar-refractivity contribution in [3.8, 4) is 0 Å². The predicted octanol–water partition coefficient (Wildman–Crippen LogP) is 0.943. The van der Waals surface area contributed by atoms with Crippen LogP contribution < -0.4 is 0 Å². The summed E-state index contributed by atoms with van der Waals surface area (Å²) in [6, 6.07) is 1.25. The van der Waals surface area contributed by atoms with E-state index in [2.05, 4.69) is 0 Å². The van der Waals surface area contributed by atoms with Crippen LogP contribution in [0.1, 0.15) is 10.5 Å². The Kier molecular flexibility index (Phi) is 4.79. The zero-order valence-corrected chi connectivity index (χ0v) is 11.3. The monoisotopic (exact) mass is 308 g/mol. The average molecular weight is 309 g/mol. The highest BCUT2D eigenvalue weighted by atomic mass is 35.5. The van der Waals surface area contributed by atoms with Crippen molar-refractivity contribution in [3.05, 3.63) is 21.9 Å². The van der Waals surface area contributed by atoms with Gasteiger partial charge in [0.15, 0.2) is 0 Å². The molecular formula is C10H10Cl2N2O5. The minimum atomic E-state index is -1.32. The van der Waals surface area contributed by atoms with Gasteiger partial charge in [0.1, 0.15) is 23.9 Å². The SMILES string of the molecule is Cn1c(C(=O)N(CC(=O)O)CC(=O)O)cc(Cl)c1Cl. The average Bonchev–Trinajstić information content (AvgIpc) is 2.54. The van der Waals surface area contributed by atoms with Crippen LogP contribution in [-0.4, -0.2) is 50.6 Å². The molecule has 0 saturated carbocycles. The molecule has 2 N–H and O–H groups in total. The van der Waals surface area contributed by atoms with Gasteiger partial charge in [-0.15, -0.1) is 0 Å². The number of hydrogen-bond acceptors (Lipinski definition) is 3. The molecule has 0 saturated heterocycles. The summed E-state index contributed by atoms with van der Waals surface area (Å²) in [5, 5.41) is 17.6. The van der Waals surface area contributed by atoms with E-state index in [1.165, 1.54) is 17.7 Å². The second-order valence-corrected chi connectivity index (χ2v) is 4.44. The summed E-state index contributed by atoms with van der Waals surface area (Å²) >= 11 is 11.5. The van der Waals surface area contributed by atoms with Gasteiger partial charge in [-0.05, 0) is 6.07 Å². The summed E-state index contributed by atoms with van der Waals surface area (Å²) < 4.78 is 1.25. The van der Waals surface area contributed by atoms with E-state index in [4.69, 9.17) is 33.4 Å². The summed E-state index contributed by atoms with van der Waals surface area (Å²) in [5.74, 6) is -3.41. The molecule has 0 aliphatic rings. The Balaban J connectivity index is 3.07. The second-order valence-electron chi connectivity index (χ2n) is 3.68. The summed E-state index contributed by atoms with van der Waals surface area (Å²) in [7, 11) is 1.46. The van der Waals surface area contributed by atoms with E-state index in [0.717, 1.165) is 0 Å². The fourth-order valence-electron chi connectivity index (χ4n) is 1.44. The zero-order valence-electron chi connectivity index (χ0n) is 9.76. The van der Waals surface area contributed by atoms with Crippen LogP contribution in [0.2, 0.25) is 10.2 Å². The van der Waals surface area contributed by atoms with E-state index >= 15 is 0 Å². The van der Waals surface area contributed by atoms with Crippen molar-refractivity contribution >= 4 is 41.0 Å². The molecule has 1 heterocycles. The first-order valence-electron chi connectivity index (χ1n) is 4.97. The molecule has 7 nitrogen and oxygen atoms in total. The molecule has 0 aliphatic carbocycles. The fraction of sp³-hybridized carbons (Fsp3) is 0.300. The molecule has 0 bridgehead atoms. The Morgan fingerprint density at radius 1 is 1.21 bits per heavy atom. The van der Waals surface area contributed by atoms with Crippen LogP contribution >= 0.6 is 23.2 Å². The molecule has 19 heavy (non-hydrogen) atoms. The summed E-state index contributed by atoms with van der Waals surface area (Å²) in [5.41, 5.74) is 0.0116. The minimum absolute atomic E-state index is 0.0116. The van der Waals surface area contributed by atoms with Gasteiger partial charge in [0.2, 0.25) is 0 Å². The van der Waals surface area contributed by atoms with Crippen molar-refractivity contribution in [2.45, 2.75) is 0 Å². The highest BCUT2D eigenvalue weighted by Crippen LogP contribution is 2.25. The van der Waals surface area contributed by atoms with Crippen LogP contribution in [0, 0.1) is 0 Å². The molecule has 1 rings (SSSR count). The van der Waals surface area contributed by atoms with Gasteiger partial charge in [-0.25, -0.2) is 0 Å². The maximum atomic E-state index is 12.1. The first-order valence-corrected chi connectivity index (χ1v) is 5.73. The number of aromatic nitrogens is 1. The number of nitrogens with zero attached hydrogens (tertiary/aromatic N) is 2. The van der Waals surface area contributed by atoms with Crippen molar-refractivity contribution < 1.29 is 24.6 Å². The molecule has 1 amide bonds. The number of carboxylic acids is 2. The predicted molar refractivity (Wildman–Crippen MR) is 66.6 cm³/mol. The maximum Gasteiger partial charge on any atom is 0.323 e. The first kappa shape index (κ1) is 15.3.